The van der Waals surface area contributed by atoms with Crippen molar-refractivity contribution in [1.82, 2.24) is 0 Å². The Morgan fingerprint density at radius 3 is 2.53 bits per heavy atom. The van der Waals surface area contributed by atoms with Gasteiger partial charge in [0.05, 0.1) is 7.11 Å². The molecule has 0 amide bonds. The number of carbonyl (C=O) groups is 1. The number of methoxy groups -OCH3 is 1. The zero-order valence-corrected chi connectivity index (χ0v) is 12.0. The van der Waals surface area contributed by atoms with Crippen LogP contribution in [0.5, 0.6) is 5.75 Å². The molecular weight excluding hydrogens is 260 g/mol. The molecule has 1 atom stereocenters. The van der Waals surface area contributed by atoms with Gasteiger partial charge >= 0.3 is 5.97 Å². The fourth-order valence-corrected chi connectivity index (χ4v) is 3.00. The van der Waals surface area contributed by atoms with E-state index < -0.39 is 5.97 Å². The molecule has 0 fully saturated rings. The molecule has 0 saturated heterocycles. The minimum Gasteiger partial charge on any atom is -0.506 e. The summed E-state index contributed by atoms with van der Waals surface area (Å²) in [5.41, 5.74) is 2.58. The first-order valence-corrected chi connectivity index (χ1v) is 6.87. The molecule has 0 radical (unpaired) electrons. The summed E-state index contributed by atoms with van der Waals surface area (Å²) < 4.78 is 4.73. The summed E-state index contributed by atoms with van der Waals surface area (Å²) in [5, 5.41) is 11.4. The molecule has 100 valence electrons. The third-order valence-electron chi connectivity index (χ3n) is 3.16. The highest BCUT2D eigenvalue weighted by molar-refractivity contribution is 7.10. The summed E-state index contributed by atoms with van der Waals surface area (Å²) in [4.78, 5) is 12.6. The number of carbonyl (C=O) groups excluding carboxylic acids is 1. The Bertz CT molecular complexity index is 584. The fraction of sp³-hybridized carbons (Fsp3) is 0.267. The number of thiophene rings is 1. The van der Waals surface area contributed by atoms with Crippen molar-refractivity contribution in [3.63, 3.8) is 0 Å². The Kier molecular flexibility index (Phi) is 3.90. The smallest absolute Gasteiger partial charge is 0.342 e. The first-order valence-electron chi connectivity index (χ1n) is 5.99. The molecule has 0 spiro atoms. The van der Waals surface area contributed by atoms with E-state index in [0.29, 0.717) is 0 Å². The summed E-state index contributed by atoms with van der Waals surface area (Å²) in [5.74, 6) is -0.459. The van der Waals surface area contributed by atoms with Gasteiger partial charge in [-0.15, -0.1) is 11.3 Å². The maximum absolute atomic E-state index is 11.7. The Balaban J connectivity index is 2.41. The van der Waals surface area contributed by atoms with Crippen LogP contribution in [0.15, 0.2) is 29.6 Å². The van der Waals surface area contributed by atoms with Crippen LogP contribution in [0, 0.1) is 6.92 Å². The Morgan fingerprint density at radius 2 is 1.95 bits per heavy atom. The number of hydrogen-bond acceptors (Lipinski definition) is 4. The van der Waals surface area contributed by atoms with E-state index in [2.05, 4.69) is 0 Å². The topological polar surface area (TPSA) is 46.5 Å². The number of aromatic hydroxyl groups is 1. The Labute approximate surface area is 116 Å². The highest BCUT2D eigenvalue weighted by Gasteiger charge is 2.24. The molecule has 1 aromatic carbocycles. The molecule has 2 aromatic rings. The maximum atomic E-state index is 11.7. The van der Waals surface area contributed by atoms with E-state index in [1.165, 1.54) is 24.0 Å². The van der Waals surface area contributed by atoms with Crippen LogP contribution in [0.2, 0.25) is 0 Å². The average molecular weight is 276 g/mol. The van der Waals surface area contributed by atoms with Crippen molar-refractivity contribution in [2.24, 2.45) is 0 Å². The van der Waals surface area contributed by atoms with Crippen molar-refractivity contribution in [2.45, 2.75) is 19.8 Å². The molecule has 0 aliphatic rings. The number of benzene rings is 1. The van der Waals surface area contributed by atoms with E-state index in [1.807, 2.05) is 38.1 Å². The van der Waals surface area contributed by atoms with Crippen LogP contribution >= 0.6 is 11.3 Å². The third kappa shape index (κ3) is 2.63. The van der Waals surface area contributed by atoms with Crippen molar-refractivity contribution in [3.8, 4) is 5.75 Å². The molecule has 19 heavy (non-hydrogen) atoms. The molecule has 0 bridgehead atoms. The first kappa shape index (κ1) is 13.6. The molecule has 2 rings (SSSR count). The highest BCUT2D eigenvalue weighted by Crippen LogP contribution is 2.37. The van der Waals surface area contributed by atoms with Crippen LogP contribution in [0.3, 0.4) is 0 Å². The van der Waals surface area contributed by atoms with Gasteiger partial charge in [0.1, 0.15) is 11.3 Å². The van der Waals surface area contributed by atoms with Gasteiger partial charge in [-0.05, 0) is 12.5 Å². The molecule has 4 heteroatoms. The number of rotatable bonds is 3. The van der Waals surface area contributed by atoms with Crippen LogP contribution in [-0.2, 0) is 4.74 Å². The number of esters is 1. The SMILES string of the molecule is COC(=O)c1c(O)csc1C(C)c1ccc(C)cc1. The van der Waals surface area contributed by atoms with E-state index in [1.54, 1.807) is 5.38 Å². The third-order valence-corrected chi connectivity index (χ3v) is 4.31. The number of ether oxygens (including phenoxy) is 1. The summed E-state index contributed by atoms with van der Waals surface area (Å²) in [7, 11) is 1.32. The first-order chi connectivity index (χ1) is 9.04. The van der Waals surface area contributed by atoms with Gasteiger partial charge in [0.15, 0.2) is 0 Å². The van der Waals surface area contributed by atoms with Gasteiger partial charge in [0.25, 0.3) is 0 Å². The predicted octanol–water partition coefficient (Wildman–Crippen LogP) is 3.70. The minimum atomic E-state index is -0.493. The van der Waals surface area contributed by atoms with E-state index in [4.69, 9.17) is 4.74 Å². The van der Waals surface area contributed by atoms with Gasteiger partial charge in [-0.1, -0.05) is 36.8 Å². The summed E-state index contributed by atoms with van der Waals surface area (Å²) in [6.45, 7) is 4.05. The lowest BCUT2D eigenvalue weighted by Crippen LogP contribution is -2.06. The van der Waals surface area contributed by atoms with Gasteiger partial charge < -0.3 is 9.84 Å². The second-order valence-corrected chi connectivity index (χ2v) is 5.40. The fourth-order valence-electron chi connectivity index (χ4n) is 2.00. The molecule has 1 aromatic heterocycles. The lowest BCUT2D eigenvalue weighted by atomic mass is 9.96. The monoisotopic (exact) mass is 276 g/mol. The largest absolute Gasteiger partial charge is 0.506 e. The summed E-state index contributed by atoms with van der Waals surface area (Å²) >= 11 is 1.38. The standard InChI is InChI=1S/C15H16O3S/c1-9-4-6-11(7-5-9)10(2)14-13(15(17)18-3)12(16)8-19-14/h4-8,10,16H,1-3H3. The van der Waals surface area contributed by atoms with Crippen molar-refractivity contribution in [2.75, 3.05) is 7.11 Å². The highest BCUT2D eigenvalue weighted by atomic mass is 32.1. The summed E-state index contributed by atoms with van der Waals surface area (Å²) in [6.07, 6.45) is 0. The zero-order valence-electron chi connectivity index (χ0n) is 11.1. The Hall–Kier alpha value is -1.81. The van der Waals surface area contributed by atoms with Crippen LogP contribution < -0.4 is 0 Å². The second-order valence-electron chi connectivity index (χ2n) is 4.48. The predicted molar refractivity (Wildman–Crippen MR) is 76.0 cm³/mol. The van der Waals surface area contributed by atoms with Crippen LogP contribution in [0.1, 0.15) is 39.2 Å². The van der Waals surface area contributed by atoms with Gasteiger partial charge in [-0.25, -0.2) is 4.79 Å². The molecule has 1 unspecified atom stereocenters. The van der Waals surface area contributed by atoms with Gasteiger partial charge in [-0.2, -0.15) is 0 Å². The zero-order chi connectivity index (χ0) is 14.0. The van der Waals surface area contributed by atoms with Crippen LogP contribution in [-0.4, -0.2) is 18.2 Å². The average Bonchev–Trinajstić information content (AvgIpc) is 2.80. The van der Waals surface area contributed by atoms with E-state index in [0.717, 1.165) is 10.4 Å². The lowest BCUT2D eigenvalue weighted by molar-refractivity contribution is 0.0597. The molecule has 0 aliphatic heterocycles. The normalized spacial score (nSPS) is 12.2. The maximum Gasteiger partial charge on any atom is 0.342 e. The van der Waals surface area contributed by atoms with Crippen LogP contribution in [0.25, 0.3) is 0 Å². The van der Waals surface area contributed by atoms with Crippen molar-refractivity contribution >= 4 is 17.3 Å². The summed E-state index contributed by atoms with van der Waals surface area (Å²) in [6, 6.07) is 8.16. The molecule has 3 nitrogen and oxygen atoms in total. The number of aryl methyl sites for hydroxylation is 1. The van der Waals surface area contributed by atoms with Gasteiger partial charge in [0, 0.05) is 16.2 Å². The van der Waals surface area contributed by atoms with Gasteiger partial charge in [-0.3, -0.25) is 0 Å². The quantitative estimate of drug-likeness (QED) is 0.869. The lowest BCUT2D eigenvalue weighted by Gasteiger charge is -2.12. The molecule has 1 N–H and O–H groups in total. The molecule has 0 aliphatic carbocycles. The van der Waals surface area contributed by atoms with E-state index >= 15 is 0 Å². The van der Waals surface area contributed by atoms with Crippen molar-refractivity contribution < 1.29 is 14.6 Å². The van der Waals surface area contributed by atoms with Crippen molar-refractivity contribution in [1.29, 1.82) is 0 Å². The Morgan fingerprint density at radius 1 is 1.32 bits per heavy atom. The van der Waals surface area contributed by atoms with E-state index in [-0.39, 0.29) is 17.2 Å². The molecular formula is C15H16O3S. The van der Waals surface area contributed by atoms with Crippen LogP contribution in [0.4, 0.5) is 0 Å². The van der Waals surface area contributed by atoms with E-state index in [9.17, 15) is 9.90 Å². The van der Waals surface area contributed by atoms with Gasteiger partial charge in [0.2, 0.25) is 0 Å². The molecule has 0 saturated carbocycles. The molecule has 1 heterocycles. The minimum absolute atomic E-state index is 0.00851. The number of hydrogen-bond donors (Lipinski definition) is 1. The van der Waals surface area contributed by atoms with Crippen molar-refractivity contribution in [3.05, 3.63) is 51.2 Å². The second kappa shape index (κ2) is 5.45.